The Morgan fingerprint density at radius 2 is 1.51 bits per heavy atom. The minimum atomic E-state index is -1.13. The third kappa shape index (κ3) is 6.76. The molecule has 0 radical (unpaired) electrons. The molecule has 1 atom stereocenters. The highest BCUT2D eigenvalue weighted by atomic mass is 19.1. The number of aliphatic carboxylic acids is 1. The third-order valence-corrected chi connectivity index (χ3v) is 5.84. The van der Waals surface area contributed by atoms with E-state index in [4.69, 9.17) is 0 Å². The molecular weight excluding hydrogens is 449 g/mol. The summed E-state index contributed by atoms with van der Waals surface area (Å²) in [5.41, 5.74) is 2.80. The molecule has 3 aromatic rings. The SMILES string of the molecule is CCCCC(=O)N(Cc1ccc(-c2ccccc2C(=O)O)cc1)[C@@H](Cc1ccc(F)cc1)C(=O)O. The zero-order valence-electron chi connectivity index (χ0n) is 19.5. The van der Waals surface area contributed by atoms with Gasteiger partial charge in [0.15, 0.2) is 0 Å². The van der Waals surface area contributed by atoms with Crippen molar-refractivity contribution >= 4 is 17.8 Å². The van der Waals surface area contributed by atoms with Gasteiger partial charge in [-0.1, -0.05) is 67.9 Å². The number of hydrogen-bond donors (Lipinski definition) is 2. The van der Waals surface area contributed by atoms with Crippen LogP contribution in [0.15, 0.2) is 72.8 Å². The van der Waals surface area contributed by atoms with Crippen molar-refractivity contribution in [2.24, 2.45) is 0 Å². The Hall–Kier alpha value is -4.00. The number of nitrogens with zero attached hydrogens (tertiary/aromatic N) is 1. The first-order valence-corrected chi connectivity index (χ1v) is 11.5. The van der Waals surface area contributed by atoms with Crippen LogP contribution < -0.4 is 0 Å². The van der Waals surface area contributed by atoms with Crippen molar-refractivity contribution in [3.05, 3.63) is 95.3 Å². The summed E-state index contributed by atoms with van der Waals surface area (Å²) in [5.74, 6) is -2.84. The first kappa shape index (κ1) is 25.6. The Morgan fingerprint density at radius 3 is 2.11 bits per heavy atom. The molecule has 35 heavy (non-hydrogen) atoms. The Kier molecular flexibility index (Phi) is 8.73. The second-order valence-electron chi connectivity index (χ2n) is 8.36. The lowest BCUT2D eigenvalue weighted by molar-refractivity contribution is -0.150. The third-order valence-electron chi connectivity index (χ3n) is 5.84. The number of hydrogen-bond acceptors (Lipinski definition) is 3. The topological polar surface area (TPSA) is 94.9 Å². The maximum absolute atomic E-state index is 13.3. The van der Waals surface area contributed by atoms with Gasteiger partial charge in [0.2, 0.25) is 5.91 Å². The first-order valence-electron chi connectivity index (χ1n) is 11.5. The molecule has 0 spiro atoms. The van der Waals surface area contributed by atoms with Gasteiger partial charge in [-0.3, -0.25) is 4.79 Å². The molecule has 3 aromatic carbocycles. The molecule has 2 N–H and O–H groups in total. The Labute approximate surface area is 203 Å². The second-order valence-corrected chi connectivity index (χ2v) is 8.36. The van der Waals surface area contributed by atoms with Crippen LogP contribution in [-0.4, -0.2) is 39.0 Å². The molecule has 0 aromatic heterocycles. The highest BCUT2D eigenvalue weighted by Crippen LogP contribution is 2.25. The lowest BCUT2D eigenvalue weighted by Gasteiger charge is -2.29. The van der Waals surface area contributed by atoms with Gasteiger partial charge >= 0.3 is 11.9 Å². The predicted octanol–water partition coefficient (Wildman–Crippen LogP) is 5.41. The summed E-state index contributed by atoms with van der Waals surface area (Å²) in [6.07, 6.45) is 1.72. The standard InChI is InChI=1S/C28H28FNO5/c1-2-3-8-26(31)30(25(28(34)35)17-19-11-15-22(29)16-12-19)18-20-9-13-21(14-10-20)23-6-4-5-7-24(23)27(32)33/h4-7,9-16,25H,2-3,8,17-18H2,1H3,(H,32,33)(H,34,35)/t25-/m0/s1. The molecule has 0 saturated heterocycles. The highest BCUT2D eigenvalue weighted by Gasteiger charge is 2.29. The minimum Gasteiger partial charge on any atom is -0.480 e. The minimum absolute atomic E-state index is 0.0531. The van der Waals surface area contributed by atoms with Crippen molar-refractivity contribution in [2.75, 3.05) is 0 Å². The van der Waals surface area contributed by atoms with Gasteiger partial charge in [0.05, 0.1) is 5.56 Å². The largest absolute Gasteiger partial charge is 0.480 e. The van der Waals surface area contributed by atoms with E-state index in [1.807, 2.05) is 6.92 Å². The number of benzene rings is 3. The van der Waals surface area contributed by atoms with E-state index in [2.05, 4.69) is 0 Å². The number of unbranched alkanes of at least 4 members (excludes halogenated alkanes) is 1. The van der Waals surface area contributed by atoms with E-state index in [1.54, 1.807) is 42.5 Å². The van der Waals surface area contributed by atoms with E-state index in [-0.39, 0.29) is 30.9 Å². The summed E-state index contributed by atoms with van der Waals surface area (Å²) < 4.78 is 13.3. The number of carboxylic acids is 2. The maximum atomic E-state index is 13.3. The number of aromatic carboxylic acids is 1. The normalized spacial score (nSPS) is 11.6. The van der Waals surface area contributed by atoms with Gasteiger partial charge in [-0.15, -0.1) is 0 Å². The molecule has 0 saturated carbocycles. The molecule has 3 rings (SSSR count). The van der Waals surface area contributed by atoms with Crippen LogP contribution in [0.25, 0.3) is 11.1 Å². The molecule has 1 amide bonds. The monoisotopic (exact) mass is 477 g/mol. The fourth-order valence-electron chi connectivity index (χ4n) is 3.93. The molecule has 0 heterocycles. The maximum Gasteiger partial charge on any atom is 0.336 e. The van der Waals surface area contributed by atoms with Crippen molar-refractivity contribution in [1.29, 1.82) is 0 Å². The van der Waals surface area contributed by atoms with E-state index in [9.17, 15) is 29.0 Å². The molecule has 0 aliphatic carbocycles. The van der Waals surface area contributed by atoms with Gasteiger partial charge in [0.25, 0.3) is 0 Å². The predicted molar refractivity (Wildman–Crippen MR) is 130 cm³/mol. The van der Waals surface area contributed by atoms with Crippen LogP contribution in [-0.2, 0) is 22.6 Å². The van der Waals surface area contributed by atoms with Crippen molar-refractivity contribution in [3.8, 4) is 11.1 Å². The molecule has 7 heteroatoms. The Balaban J connectivity index is 1.88. The van der Waals surface area contributed by atoms with Crippen LogP contribution >= 0.6 is 0 Å². The number of carbonyl (C=O) groups is 3. The molecule has 6 nitrogen and oxygen atoms in total. The smallest absolute Gasteiger partial charge is 0.336 e. The lowest BCUT2D eigenvalue weighted by Crippen LogP contribution is -2.46. The average molecular weight is 478 g/mol. The van der Waals surface area contributed by atoms with E-state index in [1.165, 1.54) is 35.2 Å². The van der Waals surface area contributed by atoms with Gasteiger partial charge in [-0.2, -0.15) is 0 Å². The van der Waals surface area contributed by atoms with Gasteiger partial charge in [-0.05, 0) is 46.9 Å². The number of amides is 1. The number of carboxylic acid groups (broad SMARTS) is 2. The molecule has 0 bridgehead atoms. The van der Waals surface area contributed by atoms with Crippen molar-refractivity contribution < 1.29 is 29.0 Å². The number of carbonyl (C=O) groups excluding carboxylic acids is 1. The van der Waals surface area contributed by atoms with Crippen molar-refractivity contribution in [3.63, 3.8) is 0 Å². The summed E-state index contributed by atoms with van der Waals surface area (Å²) >= 11 is 0. The molecule has 0 unspecified atom stereocenters. The lowest BCUT2D eigenvalue weighted by atomic mass is 9.98. The van der Waals surface area contributed by atoms with Crippen LogP contribution in [0.5, 0.6) is 0 Å². The summed E-state index contributed by atoms with van der Waals surface area (Å²) in [6, 6.07) is 18.2. The van der Waals surface area contributed by atoms with E-state index >= 15 is 0 Å². The molecular formula is C28H28FNO5. The van der Waals surface area contributed by atoms with Gasteiger partial charge in [-0.25, -0.2) is 14.0 Å². The second kappa shape index (κ2) is 11.9. The zero-order chi connectivity index (χ0) is 25.4. The number of halogens is 1. The first-order chi connectivity index (χ1) is 16.8. The van der Waals surface area contributed by atoms with Crippen LogP contribution in [0.2, 0.25) is 0 Å². The number of rotatable bonds is 11. The van der Waals surface area contributed by atoms with Crippen molar-refractivity contribution in [2.45, 2.75) is 45.2 Å². The van der Waals surface area contributed by atoms with E-state index in [0.29, 0.717) is 23.1 Å². The molecule has 0 fully saturated rings. The average Bonchev–Trinajstić information content (AvgIpc) is 2.86. The van der Waals surface area contributed by atoms with Crippen LogP contribution in [0, 0.1) is 5.82 Å². The van der Waals surface area contributed by atoms with Gasteiger partial charge < -0.3 is 15.1 Å². The van der Waals surface area contributed by atoms with Crippen LogP contribution in [0.1, 0.15) is 47.7 Å². The summed E-state index contributed by atoms with van der Waals surface area (Å²) in [6.45, 7) is 2.04. The van der Waals surface area contributed by atoms with Gasteiger partial charge in [0.1, 0.15) is 11.9 Å². The molecule has 0 aliphatic heterocycles. The fourth-order valence-corrected chi connectivity index (χ4v) is 3.93. The highest BCUT2D eigenvalue weighted by molar-refractivity contribution is 5.96. The quantitative estimate of drug-likeness (QED) is 0.385. The molecule has 0 aliphatic rings. The van der Waals surface area contributed by atoms with Crippen LogP contribution in [0.4, 0.5) is 4.39 Å². The van der Waals surface area contributed by atoms with Crippen LogP contribution in [0.3, 0.4) is 0 Å². The summed E-state index contributed by atoms with van der Waals surface area (Å²) in [5, 5.41) is 19.4. The summed E-state index contributed by atoms with van der Waals surface area (Å²) in [7, 11) is 0. The Bertz CT molecular complexity index is 1170. The zero-order valence-corrected chi connectivity index (χ0v) is 19.5. The Morgan fingerprint density at radius 1 is 0.886 bits per heavy atom. The fraction of sp³-hybridized carbons (Fsp3) is 0.250. The van der Waals surface area contributed by atoms with E-state index in [0.717, 1.165) is 12.0 Å². The van der Waals surface area contributed by atoms with Crippen molar-refractivity contribution in [1.82, 2.24) is 4.90 Å². The summed E-state index contributed by atoms with van der Waals surface area (Å²) in [4.78, 5) is 38.2. The van der Waals surface area contributed by atoms with E-state index < -0.39 is 23.8 Å². The van der Waals surface area contributed by atoms with Gasteiger partial charge in [0, 0.05) is 19.4 Å². The molecule has 182 valence electrons.